The number of ether oxygens (including phenoxy) is 1. The van der Waals surface area contributed by atoms with Crippen LogP contribution in [0.1, 0.15) is 56.2 Å². The van der Waals surface area contributed by atoms with Crippen LogP contribution in [0, 0.1) is 6.92 Å². The van der Waals surface area contributed by atoms with Gasteiger partial charge in [0, 0.05) is 24.3 Å². The summed E-state index contributed by atoms with van der Waals surface area (Å²) < 4.78 is 32.3. The predicted molar refractivity (Wildman–Crippen MR) is 174 cm³/mol. The second kappa shape index (κ2) is 13.0. The van der Waals surface area contributed by atoms with E-state index in [0.717, 1.165) is 50.3 Å². The van der Waals surface area contributed by atoms with Crippen molar-refractivity contribution in [2.75, 3.05) is 42.3 Å². The van der Waals surface area contributed by atoms with Gasteiger partial charge in [-0.05, 0) is 95.1 Å². The summed E-state index contributed by atoms with van der Waals surface area (Å²) >= 11 is 8.37. The van der Waals surface area contributed by atoms with Crippen molar-refractivity contribution in [2.24, 2.45) is 0 Å². The maximum Gasteiger partial charge on any atom is 0.229 e. The van der Waals surface area contributed by atoms with Crippen LogP contribution in [0.5, 0.6) is 5.75 Å². The number of aryl methyl sites for hydroxylation is 1. The van der Waals surface area contributed by atoms with Crippen molar-refractivity contribution in [2.45, 2.75) is 69.1 Å². The molecule has 8 nitrogen and oxygen atoms in total. The van der Waals surface area contributed by atoms with E-state index in [-0.39, 0.29) is 16.0 Å². The first-order valence-electron chi connectivity index (χ1n) is 14.5. The van der Waals surface area contributed by atoms with Crippen LogP contribution in [0.3, 0.4) is 0 Å². The van der Waals surface area contributed by atoms with Gasteiger partial charge in [-0.25, -0.2) is 13.4 Å². The van der Waals surface area contributed by atoms with Crippen molar-refractivity contribution in [3.63, 3.8) is 0 Å². The second-order valence-electron chi connectivity index (χ2n) is 11.4. The van der Waals surface area contributed by atoms with Gasteiger partial charge in [-0.15, -0.1) is 0 Å². The van der Waals surface area contributed by atoms with Gasteiger partial charge >= 0.3 is 0 Å². The first kappa shape index (κ1) is 30.9. The molecule has 5 rings (SSSR count). The summed E-state index contributed by atoms with van der Waals surface area (Å²) in [5.74, 6) is 3.23. The van der Waals surface area contributed by atoms with Gasteiger partial charge in [0.1, 0.15) is 16.9 Å². The number of para-hydroxylation sites is 1. The average Bonchev–Trinajstić information content (AvgIpc) is 3.35. The van der Waals surface area contributed by atoms with Gasteiger partial charge in [0.25, 0.3) is 0 Å². The Bertz CT molecular complexity index is 1540. The highest BCUT2D eigenvalue weighted by Gasteiger charge is 2.32. The normalized spacial score (nSPS) is 17.7. The summed E-state index contributed by atoms with van der Waals surface area (Å²) in [6.07, 6.45) is 6.96. The number of hydrogen-bond donors (Lipinski definition) is 2. The zero-order valence-corrected chi connectivity index (χ0v) is 27.3. The van der Waals surface area contributed by atoms with Crippen LogP contribution in [0.25, 0.3) is 0 Å². The topological polar surface area (TPSA) is 96.5 Å². The van der Waals surface area contributed by atoms with E-state index in [4.69, 9.17) is 16.3 Å². The molecule has 0 saturated carbocycles. The molecule has 226 valence electrons. The number of anilines is 4. The van der Waals surface area contributed by atoms with Crippen LogP contribution >= 0.6 is 23.4 Å². The molecule has 2 N–H and O–H groups in total. The molecule has 0 radical (unpaired) electrons. The Labute approximate surface area is 258 Å². The number of hydrogen-bond acceptors (Lipinski definition) is 9. The molecule has 1 atom stereocenters. The number of nitrogens with zero attached hydrogens (tertiary/aromatic N) is 3. The van der Waals surface area contributed by atoms with Crippen molar-refractivity contribution >= 4 is 56.3 Å². The molecule has 0 aliphatic carbocycles. The number of thioether (sulfide) groups is 1. The highest BCUT2D eigenvalue weighted by molar-refractivity contribution is 7.98. The first-order chi connectivity index (χ1) is 20.1. The number of halogens is 1. The van der Waals surface area contributed by atoms with E-state index in [1.807, 2.05) is 11.8 Å². The summed E-state index contributed by atoms with van der Waals surface area (Å²) in [6.45, 7) is 11.0. The molecular formula is C31H40ClN5O3S2. The Morgan fingerprint density at radius 1 is 1.17 bits per heavy atom. The van der Waals surface area contributed by atoms with Gasteiger partial charge < -0.3 is 20.3 Å². The number of piperidine rings is 1. The number of benzene rings is 2. The summed E-state index contributed by atoms with van der Waals surface area (Å²) in [4.78, 5) is 11.8. The molecule has 0 unspecified atom stereocenters. The Hall–Kier alpha value is -2.53. The van der Waals surface area contributed by atoms with Crippen LogP contribution in [0.4, 0.5) is 23.1 Å². The Balaban J connectivity index is 1.41. The van der Waals surface area contributed by atoms with E-state index < -0.39 is 15.1 Å². The third-order valence-electron chi connectivity index (χ3n) is 8.11. The maximum atomic E-state index is 13.0. The minimum absolute atomic E-state index is 0.0885. The van der Waals surface area contributed by atoms with Crippen molar-refractivity contribution in [3.05, 3.63) is 58.2 Å². The fourth-order valence-electron chi connectivity index (χ4n) is 5.91. The number of fused-ring (bicyclic) bond motifs is 1. The highest BCUT2D eigenvalue weighted by Crippen LogP contribution is 2.46. The van der Waals surface area contributed by atoms with Crippen molar-refractivity contribution in [1.29, 1.82) is 0 Å². The lowest BCUT2D eigenvalue weighted by Gasteiger charge is -2.33. The fraction of sp³-hybridized carbons (Fsp3) is 0.484. The molecule has 0 amide bonds. The summed E-state index contributed by atoms with van der Waals surface area (Å²) in [6, 6.07) is 8.92. The summed E-state index contributed by atoms with van der Waals surface area (Å²) in [5.41, 5.74) is 5.20. The van der Waals surface area contributed by atoms with Gasteiger partial charge in [0.05, 0.1) is 27.7 Å². The SMILES string of the molecule is CSCCN1CCC(c2c(C)cc(Nc3ncc(Cl)c(Nc4ccccc4S(=O)(=O)C(C)C)n3)c3c2C[C@H](C)O3)CC1. The third-order valence-corrected chi connectivity index (χ3v) is 11.2. The standard InChI is InChI=1S/C31H40ClN5O3S2/c1-19(2)42(38,39)27-9-7-6-8-25(27)34-30-24(32)18-33-31(36-30)35-26-16-20(3)28(23-17-21(4)40-29(23)26)22-10-12-37(13-11-22)14-15-41-5/h6-9,16,18-19,21-22H,10-15,17H2,1-5H3,(H2,33,34,35,36)/t21-/m0/s1. The lowest BCUT2D eigenvalue weighted by Crippen LogP contribution is -2.34. The molecule has 1 aromatic heterocycles. The van der Waals surface area contributed by atoms with Crippen LogP contribution in [-0.4, -0.2) is 66.3 Å². The molecule has 42 heavy (non-hydrogen) atoms. The molecule has 11 heteroatoms. The maximum absolute atomic E-state index is 13.0. The van der Waals surface area contributed by atoms with Crippen LogP contribution in [0.2, 0.25) is 5.02 Å². The molecular weight excluding hydrogens is 590 g/mol. The zero-order chi connectivity index (χ0) is 30.0. The van der Waals surface area contributed by atoms with Crippen molar-refractivity contribution in [1.82, 2.24) is 14.9 Å². The summed E-state index contributed by atoms with van der Waals surface area (Å²) in [7, 11) is -3.52. The van der Waals surface area contributed by atoms with Crippen LogP contribution in [0.15, 0.2) is 41.4 Å². The number of rotatable bonds is 10. The Morgan fingerprint density at radius 2 is 1.90 bits per heavy atom. The summed E-state index contributed by atoms with van der Waals surface area (Å²) in [5, 5.41) is 6.21. The van der Waals surface area contributed by atoms with Gasteiger partial charge in [0.15, 0.2) is 15.7 Å². The molecule has 2 aliphatic rings. The van der Waals surface area contributed by atoms with E-state index in [2.05, 4.69) is 51.7 Å². The second-order valence-corrected chi connectivity index (χ2v) is 15.3. The number of likely N-dealkylation sites (tertiary alicyclic amines) is 1. The molecule has 2 aromatic carbocycles. The average molecular weight is 630 g/mol. The molecule has 0 bridgehead atoms. The van der Waals surface area contributed by atoms with E-state index >= 15 is 0 Å². The highest BCUT2D eigenvalue weighted by atomic mass is 35.5. The lowest BCUT2D eigenvalue weighted by atomic mass is 9.82. The largest absolute Gasteiger partial charge is 0.488 e. The predicted octanol–water partition coefficient (Wildman–Crippen LogP) is 6.97. The van der Waals surface area contributed by atoms with Gasteiger partial charge in [0.2, 0.25) is 5.95 Å². The Morgan fingerprint density at radius 3 is 2.62 bits per heavy atom. The van der Waals surface area contributed by atoms with Gasteiger partial charge in [-0.2, -0.15) is 16.7 Å². The van der Waals surface area contributed by atoms with Crippen molar-refractivity contribution < 1.29 is 13.2 Å². The van der Waals surface area contributed by atoms with Gasteiger partial charge in [-0.1, -0.05) is 23.7 Å². The van der Waals surface area contributed by atoms with Crippen LogP contribution < -0.4 is 15.4 Å². The van der Waals surface area contributed by atoms with E-state index in [1.165, 1.54) is 28.6 Å². The first-order valence-corrected chi connectivity index (χ1v) is 17.8. The van der Waals surface area contributed by atoms with E-state index in [9.17, 15) is 8.42 Å². The van der Waals surface area contributed by atoms with E-state index in [0.29, 0.717) is 23.4 Å². The van der Waals surface area contributed by atoms with Crippen molar-refractivity contribution in [3.8, 4) is 5.75 Å². The number of sulfone groups is 1. The van der Waals surface area contributed by atoms with E-state index in [1.54, 1.807) is 38.1 Å². The monoisotopic (exact) mass is 629 g/mol. The smallest absolute Gasteiger partial charge is 0.229 e. The Kier molecular flexibility index (Phi) is 9.56. The molecule has 0 spiro atoms. The number of aromatic nitrogens is 2. The van der Waals surface area contributed by atoms with Crippen LogP contribution in [-0.2, 0) is 16.3 Å². The molecule has 2 aliphatic heterocycles. The number of nitrogens with one attached hydrogen (secondary N) is 2. The lowest BCUT2D eigenvalue weighted by molar-refractivity contribution is 0.223. The molecule has 1 saturated heterocycles. The minimum Gasteiger partial charge on any atom is -0.488 e. The molecule has 3 heterocycles. The quantitative estimate of drug-likeness (QED) is 0.246. The van der Waals surface area contributed by atoms with Gasteiger partial charge in [-0.3, -0.25) is 0 Å². The zero-order valence-electron chi connectivity index (χ0n) is 24.9. The fourth-order valence-corrected chi connectivity index (χ4v) is 7.69. The third kappa shape index (κ3) is 6.51. The molecule has 3 aromatic rings. The molecule has 1 fully saturated rings. The minimum atomic E-state index is -3.52.